The molecule has 2 heterocycles. The highest BCUT2D eigenvalue weighted by molar-refractivity contribution is 7.13. The molecule has 3 aromatic rings. The quantitative estimate of drug-likeness (QED) is 0.242. The van der Waals surface area contributed by atoms with E-state index in [-0.39, 0.29) is 12.2 Å². The molecule has 172 valence electrons. The molecular formula is C25H27N3O4S. The van der Waals surface area contributed by atoms with Crippen LogP contribution in [0.5, 0.6) is 11.5 Å². The molecule has 1 aromatic carbocycles. The highest BCUT2D eigenvalue weighted by Crippen LogP contribution is 2.33. The zero-order valence-corrected chi connectivity index (χ0v) is 20.3. The number of thiazole rings is 1. The topological polar surface area (TPSA) is 86.4 Å². The molecule has 0 saturated carbocycles. The van der Waals surface area contributed by atoms with Crippen molar-refractivity contribution in [3.63, 3.8) is 0 Å². The van der Waals surface area contributed by atoms with Gasteiger partial charge in [0.15, 0.2) is 11.5 Å². The molecule has 33 heavy (non-hydrogen) atoms. The largest absolute Gasteiger partial charge is 0.493 e. The van der Waals surface area contributed by atoms with Crippen LogP contribution < -0.4 is 9.47 Å². The van der Waals surface area contributed by atoms with Gasteiger partial charge in [-0.2, -0.15) is 5.26 Å². The Morgan fingerprint density at radius 1 is 1.21 bits per heavy atom. The first-order chi connectivity index (χ1) is 15.9. The molecule has 0 bridgehead atoms. The van der Waals surface area contributed by atoms with Crippen LogP contribution in [0.2, 0.25) is 0 Å². The van der Waals surface area contributed by atoms with Gasteiger partial charge < -0.3 is 18.8 Å². The molecule has 8 heteroatoms. The van der Waals surface area contributed by atoms with Gasteiger partial charge in [0.2, 0.25) is 0 Å². The van der Waals surface area contributed by atoms with Gasteiger partial charge in [0.05, 0.1) is 19.9 Å². The maximum Gasteiger partial charge on any atom is 0.349 e. The first-order valence-electron chi connectivity index (χ1n) is 10.5. The SMILES string of the molecule is CCCn1c(C)cc(/C=C(\C#N)C(=O)OCc2csc(-c3ccc(OC)c(OC)c3)n2)c1C. The van der Waals surface area contributed by atoms with Crippen molar-refractivity contribution in [2.75, 3.05) is 14.2 Å². The monoisotopic (exact) mass is 465 g/mol. The molecule has 0 fully saturated rings. The molecule has 0 saturated heterocycles. The van der Waals surface area contributed by atoms with E-state index in [0.29, 0.717) is 17.2 Å². The molecule has 0 unspecified atom stereocenters. The Kier molecular flexibility index (Phi) is 7.91. The van der Waals surface area contributed by atoms with Gasteiger partial charge >= 0.3 is 5.97 Å². The van der Waals surface area contributed by atoms with Crippen LogP contribution in [0.1, 0.15) is 36.0 Å². The molecule has 0 N–H and O–H groups in total. The van der Waals surface area contributed by atoms with E-state index in [9.17, 15) is 10.1 Å². The third-order valence-corrected chi connectivity index (χ3v) is 6.17. The van der Waals surface area contributed by atoms with Crippen LogP contribution in [0.4, 0.5) is 0 Å². The van der Waals surface area contributed by atoms with E-state index in [1.54, 1.807) is 20.3 Å². The molecule has 0 aliphatic heterocycles. The van der Waals surface area contributed by atoms with Crippen LogP contribution >= 0.6 is 11.3 Å². The Hall–Kier alpha value is -3.57. The molecule has 0 radical (unpaired) electrons. The average Bonchev–Trinajstić information content (AvgIpc) is 3.41. The Morgan fingerprint density at radius 2 is 1.97 bits per heavy atom. The molecule has 0 amide bonds. The average molecular weight is 466 g/mol. The Bertz CT molecular complexity index is 1220. The van der Waals surface area contributed by atoms with Gasteiger partial charge in [-0.05, 0) is 56.2 Å². The first kappa shape index (κ1) is 24.1. The first-order valence-corrected chi connectivity index (χ1v) is 11.4. The van der Waals surface area contributed by atoms with Crippen molar-refractivity contribution in [3.05, 3.63) is 57.9 Å². The van der Waals surface area contributed by atoms with E-state index in [1.165, 1.54) is 11.3 Å². The van der Waals surface area contributed by atoms with Gasteiger partial charge in [-0.3, -0.25) is 0 Å². The third-order valence-electron chi connectivity index (χ3n) is 5.23. The molecule has 0 atom stereocenters. The van der Waals surface area contributed by atoms with Crippen LogP contribution in [-0.4, -0.2) is 29.7 Å². The number of nitrogens with zero attached hydrogens (tertiary/aromatic N) is 3. The Morgan fingerprint density at radius 3 is 2.64 bits per heavy atom. The van der Waals surface area contributed by atoms with Crippen LogP contribution in [0.15, 0.2) is 35.2 Å². The van der Waals surface area contributed by atoms with Crippen molar-refractivity contribution in [2.24, 2.45) is 0 Å². The van der Waals surface area contributed by atoms with Crippen molar-refractivity contribution in [1.82, 2.24) is 9.55 Å². The zero-order valence-electron chi connectivity index (χ0n) is 19.5. The maximum absolute atomic E-state index is 12.5. The summed E-state index contributed by atoms with van der Waals surface area (Å²) in [7, 11) is 3.16. The highest BCUT2D eigenvalue weighted by Gasteiger charge is 2.15. The van der Waals surface area contributed by atoms with E-state index in [2.05, 4.69) is 16.5 Å². The molecule has 3 rings (SSSR count). The minimum Gasteiger partial charge on any atom is -0.493 e. The van der Waals surface area contributed by atoms with E-state index in [1.807, 2.05) is 49.6 Å². The number of esters is 1. The van der Waals surface area contributed by atoms with Crippen molar-refractivity contribution >= 4 is 23.4 Å². The van der Waals surface area contributed by atoms with Crippen LogP contribution in [0, 0.1) is 25.2 Å². The minimum absolute atomic E-state index is 0.0174. The van der Waals surface area contributed by atoms with Gasteiger partial charge in [-0.15, -0.1) is 11.3 Å². The maximum atomic E-state index is 12.5. The second-order valence-electron chi connectivity index (χ2n) is 7.44. The van der Waals surface area contributed by atoms with Gasteiger partial charge in [0.25, 0.3) is 0 Å². The molecule has 2 aromatic heterocycles. The zero-order chi connectivity index (χ0) is 24.0. The summed E-state index contributed by atoms with van der Waals surface area (Å²) in [6, 6.07) is 9.49. The van der Waals surface area contributed by atoms with Crippen molar-refractivity contribution in [3.8, 4) is 28.1 Å². The Balaban J connectivity index is 1.71. The van der Waals surface area contributed by atoms with Crippen LogP contribution in [-0.2, 0) is 22.7 Å². The highest BCUT2D eigenvalue weighted by atomic mass is 32.1. The second-order valence-corrected chi connectivity index (χ2v) is 8.30. The normalized spacial score (nSPS) is 11.2. The molecular weight excluding hydrogens is 438 g/mol. The fraction of sp³-hybridized carbons (Fsp3) is 0.320. The number of methoxy groups -OCH3 is 2. The van der Waals surface area contributed by atoms with Gasteiger partial charge in [0.1, 0.15) is 23.3 Å². The van der Waals surface area contributed by atoms with Crippen molar-refractivity contribution in [2.45, 2.75) is 40.3 Å². The smallest absolute Gasteiger partial charge is 0.349 e. The summed E-state index contributed by atoms with van der Waals surface area (Å²) in [6.07, 6.45) is 2.60. The van der Waals surface area contributed by atoms with Crippen molar-refractivity contribution in [1.29, 1.82) is 5.26 Å². The van der Waals surface area contributed by atoms with E-state index >= 15 is 0 Å². The lowest BCUT2D eigenvalue weighted by Crippen LogP contribution is -2.07. The molecule has 0 aliphatic rings. The summed E-state index contributed by atoms with van der Waals surface area (Å²) in [4.78, 5) is 17.1. The number of hydrogen-bond donors (Lipinski definition) is 0. The third kappa shape index (κ3) is 5.44. The number of benzene rings is 1. The summed E-state index contributed by atoms with van der Waals surface area (Å²) >= 11 is 1.43. The summed E-state index contributed by atoms with van der Waals surface area (Å²) in [5.74, 6) is 0.581. The number of nitriles is 1. The van der Waals surface area contributed by atoms with E-state index in [0.717, 1.165) is 40.5 Å². The van der Waals surface area contributed by atoms with Crippen molar-refractivity contribution < 1.29 is 19.0 Å². The number of aryl methyl sites for hydroxylation is 1. The predicted octanol–water partition coefficient (Wildman–Crippen LogP) is 5.31. The summed E-state index contributed by atoms with van der Waals surface area (Å²) in [5.41, 5.74) is 4.40. The number of carbonyl (C=O) groups is 1. The molecule has 7 nitrogen and oxygen atoms in total. The second kappa shape index (κ2) is 10.8. The van der Waals surface area contributed by atoms with Gasteiger partial charge in [-0.25, -0.2) is 9.78 Å². The minimum atomic E-state index is -0.668. The number of rotatable bonds is 9. The lowest BCUT2D eigenvalue weighted by molar-refractivity contribution is -0.139. The Labute approximate surface area is 197 Å². The standard InChI is InChI=1S/C25H27N3O4S/c1-6-9-28-16(2)10-19(17(28)3)11-20(13-26)25(29)32-14-21-15-33-24(27-21)18-7-8-22(30-4)23(12-18)31-5/h7-8,10-12,15H,6,9,14H2,1-5H3/b20-11+. The fourth-order valence-corrected chi connectivity index (χ4v) is 4.33. The number of hydrogen-bond acceptors (Lipinski definition) is 7. The van der Waals surface area contributed by atoms with E-state index < -0.39 is 5.97 Å². The number of carbonyl (C=O) groups excluding carboxylic acids is 1. The summed E-state index contributed by atoms with van der Waals surface area (Å²) < 4.78 is 18.2. The van der Waals surface area contributed by atoms with Gasteiger partial charge in [-0.1, -0.05) is 6.92 Å². The van der Waals surface area contributed by atoms with Crippen LogP contribution in [0.25, 0.3) is 16.6 Å². The summed E-state index contributed by atoms with van der Waals surface area (Å²) in [6.45, 7) is 6.99. The molecule has 0 spiro atoms. The van der Waals surface area contributed by atoms with E-state index in [4.69, 9.17) is 14.2 Å². The van der Waals surface area contributed by atoms with Crippen LogP contribution in [0.3, 0.4) is 0 Å². The van der Waals surface area contributed by atoms with Gasteiger partial charge in [0, 0.05) is 28.9 Å². The summed E-state index contributed by atoms with van der Waals surface area (Å²) in [5, 5.41) is 12.1. The lowest BCUT2D eigenvalue weighted by Gasteiger charge is -2.08. The molecule has 0 aliphatic carbocycles. The number of aromatic nitrogens is 2. The number of ether oxygens (including phenoxy) is 3. The fourth-order valence-electron chi connectivity index (χ4n) is 3.53. The predicted molar refractivity (Wildman–Crippen MR) is 128 cm³/mol. The lowest BCUT2D eigenvalue weighted by atomic mass is 10.1.